The number of nitrogens with one attached hydrogen (secondary N) is 2. The summed E-state index contributed by atoms with van der Waals surface area (Å²) in [6.07, 6.45) is 3.15. The highest BCUT2D eigenvalue weighted by Crippen LogP contribution is 2.39. The molecule has 4 rings (SSSR count). The number of carbonyl (C=O) groups is 3. The highest BCUT2D eigenvalue weighted by Gasteiger charge is 2.53. The van der Waals surface area contributed by atoms with Gasteiger partial charge < -0.3 is 24.8 Å². The predicted octanol–water partition coefficient (Wildman–Crippen LogP) is 2.20. The molecule has 1 fully saturated rings. The largest absolute Gasteiger partial charge is 0.383 e. The maximum Gasteiger partial charge on any atom is 0.276 e. The molecule has 2 N–H and O–H groups in total. The Bertz CT molecular complexity index is 1100. The Balaban J connectivity index is 1.65. The van der Waals surface area contributed by atoms with Crippen LogP contribution in [-0.4, -0.2) is 64.0 Å². The van der Waals surface area contributed by atoms with Crippen molar-refractivity contribution in [2.45, 2.75) is 58.7 Å². The molecule has 9 nitrogen and oxygen atoms in total. The molecule has 1 aliphatic heterocycles. The van der Waals surface area contributed by atoms with Crippen molar-refractivity contribution in [3.63, 3.8) is 0 Å². The normalized spacial score (nSPS) is 19.9. The molecule has 1 atom stereocenters. The summed E-state index contributed by atoms with van der Waals surface area (Å²) < 4.78 is 6.65. The molecule has 0 spiro atoms. The van der Waals surface area contributed by atoms with Crippen LogP contribution in [0.5, 0.6) is 0 Å². The summed E-state index contributed by atoms with van der Waals surface area (Å²) in [4.78, 5) is 45.9. The van der Waals surface area contributed by atoms with Gasteiger partial charge >= 0.3 is 0 Å². The van der Waals surface area contributed by atoms with Gasteiger partial charge in [-0.2, -0.15) is 0 Å². The Morgan fingerprint density at radius 1 is 1.21 bits per heavy atom. The first-order chi connectivity index (χ1) is 15.7. The zero-order chi connectivity index (χ0) is 23.9. The lowest BCUT2D eigenvalue weighted by atomic mass is 9.94. The summed E-state index contributed by atoms with van der Waals surface area (Å²) in [6.45, 7) is 8.62. The van der Waals surface area contributed by atoms with E-state index in [2.05, 4.69) is 15.6 Å². The number of rotatable bonds is 7. The number of hydrogen-bond donors (Lipinski definition) is 2. The number of fused-ring (bicyclic) bond motifs is 1. The van der Waals surface area contributed by atoms with Gasteiger partial charge in [0.25, 0.3) is 11.8 Å². The fourth-order valence-corrected chi connectivity index (χ4v) is 4.73. The number of carbonyl (C=O) groups excluding carboxylic acids is 3. The molecule has 1 aromatic carbocycles. The number of ether oxygens (including phenoxy) is 1. The van der Waals surface area contributed by atoms with E-state index in [9.17, 15) is 14.4 Å². The SMILES string of the molecule is COCCNC(=O)[C@@]1(C)Cn2cnc(C(=O)Nc3c(C)cc(C)cc3C)c2C(=O)N1C1CC1. The van der Waals surface area contributed by atoms with Gasteiger partial charge in [-0.25, -0.2) is 4.98 Å². The number of methoxy groups -OCH3 is 1. The van der Waals surface area contributed by atoms with E-state index in [1.807, 2.05) is 32.9 Å². The van der Waals surface area contributed by atoms with Gasteiger partial charge in [-0.15, -0.1) is 0 Å². The average Bonchev–Trinajstić information content (AvgIpc) is 3.48. The van der Waals surface area contributed by atoms with Gasteiger partial charge in [-0.3, -0.25) is 14.4 Å². The molecule has 3 amide bonds. The Kier molecular flexibility index (Phi) is 6.00. The molecular weight excluding hydrogens is 422 g/mol. The highest BCUT2D eigenvalue weighted by atomic mass is 16.5. The zero-order valence-electron chi connectivity index (χ0n) is 19.8. The molecule has 0 saturated heterocycles. The lowest BCUT2D eigenvalue weighted by Crippen LogP contribution is -2.65. The fourth-order valence-electron chi connectivity index (χ4n) is 4.73. The number of benzene rings is 1. The smallest absolute Gasteiger partial charge is 0.276 e. The van der Waals surface area contributed by atoms with Crippen LogP contribution in [0.2, 0.25) is 0 Å². The third-order valence-corrected chi connectivity index (χ3v) is 6.39. The van der Waals surface area contributed by atoms with Gasteiger partial charge in [-0.1, -0.05) is 17.7 Å². The van der Waals surface area contributed by atoms with Gasteiger partial charge in [0.2, 0.25) is 5.91 Å². The molecule has 1 saturated carbocycles. The fraction of sp³-hybridized carbons (Fsp3) is 0.500. The van der Waals surface area contributed by atoms with Crippen molar-refractivity contribution in [1.29, 1.82) is 0 Å². The summed E-state index contributed by atoms with van der Waals surface area (Å²) in [6, 6.07) is 3.98. The quantitative estimate of drug-likeness (QED) is 0.626. The van der Waals surface area contributed by atoms with Crippen LogP contribution in [0.1, 0.15) is 57.4 Å². The highest BCUT2D eigenvalue weighted by molar-refractivity contribution is 6.12. The zero-order valence-corrected chi connectivity index (χ0v) is 19.8. The number of imidazole rings is 1. The van der Waals surface area contributed by atoms with Crippen LogP contribution in [0, 0.1) is 20.8 Å². The second kappa shape index (κ2) is 8.62. The van der Waals surface area contributed by atoms with Crippen molar-refractivity contribution in [3.05, 3.63) is 46.5 Å². The van der Waals surface area contributed by atoms with Gasteiger partial charge in [0.15, 0.2) is 5.69 Å². The Labute approximate surface area is 193 Å². The van der Waals surface area contributed by atoms with Crippen molar-refractivity contribution >= 4 is 23.4 Å². The summed E-state index contributed by atoms with van der Waals surface area (Å²) in [5.41, 5.74) is 2.95. The van der Waals surface area contributed by atoms with Crippen LogP contribution >= 0.6 is 0 Å². The van der Waals surface area contributed by atoms with E-state index in [0.29, 0.717) is 13.2 Å². The van der Waals surface area contributed by atoms with E-state index in [1.165, 1.54) is 6.33 Å². The Hall–Kier alpha value is -3.20. The second-order valence-corrected chi connectivity index (χ2v) is 9.23. The van der Waals surface area contributed by atoms with Gasteiger partial charge in [0, 0.05) is 25.4 Å². The van der Waals surface area contributed by atoms with Crippen molar-refractivity contribution < 1.29 is 19.1 Å². The van der Waals surface area contributed by atoms with Crippen molar-refractivity contribution in [3.8, 4) is 0 Å². The minimum Gasteiger partial charge on any atom is -0.383 e. The van der Waals surface area contributed by atoms with Crippen LogP contribution in [0.15, 0.2) is 18.5 Å². The number of hydrogen-bond acceptors (Lipinski definition) is 5. The topological polar surface area (TPSA) is 106 Å². The third-order valence-electron chi connectivity index (χ3n) is 6.39. The predicted molar refractivity (Wildman–Crippen MR) is 123 cm³/mol. The monoisotopic (exact) mass is 453 g/mol. The molecule has 0 bridgehead atoms. The van der Waals surface area contributed by atoms with Gasteiger partial charge in [0.1, 0.15) is 11.2 Å². The molecule has 1 aromatic heterocycles. The number of aromatic nitrogens is 2. The molecular formula is C24H31N5O4. The minimum atomic E-state index is -1.07. The maximum absolute atomic E-state index is 13.6. The molecule has 1 aliphatic carbocycles. The van der Waals surface area contributed by atoms with Crippen molar-refractivity contribution in [1.82, 2.24) is 19.8 Å². The number of aryl methyl sites for hydroxylation is 3. The first-order valence-electron chi connectivity index (χ1n) is 11.2. The first kappa shape index (κ1) is 23.0. The van der Waals surface area contributed by atoms with Gasteiger partial charge in [0.05, 0.1) is 19.5 Å². The Morgan fingerprint density at radius 2 is 1.88 bits per heavy atom. The minimum absolute atomic E-state index is 0.0168. The van der Waals surface area contributed by atoms with Crippen LogP contribution in [0.4, 0.5) is 5.69 Å². The van der Waals surface area contributed by atoms with Crippen LogP contribution in [0.3, 0.4) is 0 Å². The molecule has 0 unspecified atom stereocenters. The molecule has 2 aromatic rings. The van der Waals surface area contributed by atoms with E-state index in [0.717, 1.165) is 35.2 Å². The van der Waals surface area contributed by atoms with Crippen LogP contribution < -0.4 is 10.6 Å². The van der Waals surface area contributed by atoms with Crippen molar-refractivity contribution in [2.24, 2.45) is 0 Å². The number of amides is 3. The summed E-state index contributed by atoms with van der Waals surface area (Å²) in [7, 11) is 1.57. The first-order valence-corrected chi connectivity index (χ1v) is 11.2. The standard InChI is InChI=1S/C24H31N5O4/c1-14-10-15(2)18(16(3)11-14)27-21(30)19-20-22(31)29(17-6-7-17)24(4,12-28(20)13-26-19)23(32)25-8-9-33-5/h10-11,13,17H,6-9,12H2,1-5H3,(H,25,32)(H,27,30)/t24-/m1/s1. The van der Waals surface area contributed by atoms with E-state index in [-0.39, 0.29) is 35.8 Å². The van der Waals surface area contributed by atoms with Crippen LogP contribution in [-0.2, 0) is 16.1 Å². The molecule has 176 valence electrons. The van der Waals surface area contributed by atoms with E-state index >= 15 is 0 Å². The molecule has 2 aliphatic rings. The molecule has 2 heterocycles. The summed E-state index contributed by atoms with van der Waals surface area (Å²) in [5, 5.41) is 5.80. The third kappa shape index (κ3) is 4.13. The molecule has 9 heteroatoms. The van der Waals surface area contributed by atoms with E-state index < -0.39 is 11.4 Å². The maximum atomic E-state index is 13.6. The molecule has 33 heavy (non-hydrogen) atoms. The number of anilines is 1. The lowest BCUT2D eigenvalue weighted by Gasteiger charge is -2.44. The second-order valence-electron chi connectivity index (χ2n) is 9.23. The molecule has 0 radical (unpaired) electrons. The Morgan fingerprint density at radius 3 is 2.48 bits per heavy atom. The summed E-state index contributed by atoms with van der Waals surface area (Å²) >= 11 is 0. The lowest BCUT2D eigenvalue weighted by molar-refractivity contribution is -0.133. The van der Waals surface area contributed by atoms with Gasteiger partial charge in [-0.05, 0) is 51.7 Å². The van der Waals surface area contributed by atoms with Crippen LogP contribution in [0.25, 0.3) is 0 Å². The summed E-state index contributed by atoms with van der Waals surface area (Å²) in [5.74, 6) is -1.01. The van der Waals surface area contributed by atoms with E-state index in [4.69, 9.17) is 4.74 Å². The van der Waals surface area contributed by atoms with Crippen molar-refractivity contribution in [2.75, 3.05) is 25.6 Å². The average molecular weight is 454 g/mol. The van der Waals surface area contributed by atoms with E-state index in [1.54, 1.807) is 23.5 Å². The number of nitrogens with zero attached hydrogens (tertiary/aromatic N) is 3.